The zero-order valence-corrected chi connectivity index (χ0v) is 10.8. The summed E-state index contributed by atoms with van der Waals surface area (Å²) in [5, 5.41) is 4.45. The Kier molecular flexibility index (Phi) is 3.56. The van der Waals surface area contributed by atoms with Crippen LogP contribution in [-0.2, 0) is 0 Å². The Bertz CT molecular complexity index is 358. The standard InChI is InChI=1S/C14H20ClN/c1-3-14(4-2)10-16-9-12(14)11-7-5-6-8-13(11)15/h5-8,12,16H,3-4,9-10H2,1-2H3/t12-/m0/s1. The van der Waals surface area contributed by atoms with Crippen molar-refractivity contribution in [2.24, 2.45) is 5.41 Å². The number of halogens is 1. The van der Waals surface area contributed by atoms with Crippen molar-refractivity contribution in [2.45, 2.75) is 32.6 Å². The van der Waals surface area contributed by atoms with E-state index in [1.54, 1.807) is 0 Å². The largest absolute Gasteiger partial charge is 0.316 e. The zero-order chi connectivity index (χ0) is 11.6. The van der Waals surface area contributed by atoms with Gasteiger partial charge in [-0.25, -0.2) is 0 Å². The molecule has 1 fully saturated rings. The molecule has 1 aromatic rings. The number of hydrogen-bond acceptors (Lipinski definition) is 1. The Morgan fingerprint density at radius 3 is 2.62 bits per heavy atom. The summed E-state index contributed by atoms with van der Waals surface area (Å²) in [6, 6.07) is 8.29. The normalized spacial score (nSPS) is 23.6. The van der Waals surface area contributed by atoms with E-state index in [9.17, 15) is 0 Å². The molecule has 1 N–H and O–H groups in total. The molecule has 2 rings (SSSR count). The van der Waals surface area contributed by atoms with Gasteiger partial charge in [-0.2, -0.15) is 0 Å². The smallest absolute Gasteiger partial charge is 0.0441 e. The van der Waals surface area contributed by atoms with Crippen LogP contribution in [0.4, 0.5) is 0 Å². The molecule has 0 aliphatic carbocycles. The molecule has 0 saturated carbocycles. The van der Waals surface area contributed by atoms with Crippen LogP contribution in [0.15, 0.2) is 24.3 Å². The van der Waals surface area contributed by atoms with Gasteiger partial charge in [0.25, 0.3) is 0 Å². The molecule has 0 amide bonds. The fourth-order valence-corrected chi connectivity index (χ4v) is 3.26. The molecule has 1 aliphatic heterocycles. The Balaban J connectivity index is 2.37. The average molecular weight is 238 g/mol. The second-order valence-corrected chi connectivity index (χ2v) is 5.18. The molecular weight excluding hydrogens is 218 g/mol. The van der Waals surface area contributed by atoms with Crippen molar-refractivity contribution in [3.05, 3.63) is 34.9 Å². The Morgan fingerprint density at radius 2 is 2.00 bits per heavy atom. The van der Waals surface area contributed by atoms with Crippen LogP contribution in [0.1, 0.15) is 38.2 Å². The Labute approximate surface area is 103 Å². The van der Waals surface area contributed by atoms with Crippen molar-refractivity contribution in [3.8, 4) is 0 Å². The molecule has 0 spiro atoms. The van der Waals surface area contributed by atoms with Crippen LogP contribution in [-0.4, -0.2) is 13.1 Å². The van der Waals surface area contributed by atoms with Crippen LogP contribution >= 0.6 is 11.6 Å². The molecule has 1 atom stereocenters. The monoisotopic (exact) mass is 237 g/mol. The highest BCUT2D eigenvalue weighted by atomic mass is 35.5. The quantitative estimate of drug-likeness (QED) is 0.843. The van der Waals surface area contributed by atoms with E-state index < -0.39 is 0 Å². The third-order valence-corrected chi connectivity index (χ3v) is 4.60. The van der Waals surface area contributed by atoms with Crippen molar-refractivity contribution in [3.63, 3.8) is 0 Å². The second kappa shape index (κ2) is 4.77. The van der Waals surface area contributed by atoms with E-state index in [0.717, 1.165) is 18.1 Å². The van der Waals surface area contributed by atoms with Crippen LogP contribution < -0.4 is 5.32 Å². The van der Waals surface area contributed by atoms with Crippen LogP contribution in [0.3, 0.4) is 0 Å². The highest BCUT2D eigenvalue weighted by molar-refractivity contribution is 6.31. The predicted molar refractivity (Wildman–Crippen MR) is 70.1 cm³/mol. The fourth-order valence-electron chi connectivity index (χ4n) is 3.00. The van der Waals surface area contributed by atoms with Crippen molar-refractivity contribution in [1.82, 2.24) is 5.32 Å². The number of hydrogen-bond donors (Lipinski definition) is 1. The maximum atomic E-state index is 6.32. The van der Waals surface area contributed by atoms with Crippen molar-refractivity contribution >= 4 is 11.6 Å². The molecule has 0 bridgehead atoms. The van der Waals surface area contributed by atoms with E-state index in [-0.39, 0.29) is 0 Å². The highest BCUT2D eigenvalue weighted by Gasteiger charge is 2.41. The van der Waals surface area contributed by atoms with Gasteiger partial charge in [0.2, 0.25) is 0 Å². The van der Waals surface area contributed by atoms with Gasteiger partial charge in [-0.05, 0) is 29.9 Å². The molecule has 88 valence electrons. The van der Waals surface area contributed by atoms with Gasteiger partial charge >= 0.3 is 0 Å². The lowest BCUT2D eigenvalue weighted by Crippen LogP contribution is -2.27. The van der Waals surface area contributed by atoms with E-state index in [0.29, 0.717) is 11.3 Å². The summed E-state index contributed by atoms with van der Waals surface area (Å²) in [6.07, 6.45) is 2.43. The topological polar surface area (TPSA) is 12.0 Å². The summed E-state index contributed by atoms with van der Waals surface area (Å²) in [5.74, 6) is 0.566. The molecule has 0 aromatic heterocycles. The van der Waals surface area contributed by atoms with Gasteiger partial charge < -0.3 is 5.32 Å². The predicted octanol–water partition coefficient (Wildman–Crippen LogP) is 3.83. The van der Waals surface area contributed by atoms with Crippen molar-refractivity contribution in [2.75, 3.05) is 13.1 Å². The molecule has 2 heteroatoms. The van der Waals surface area contributed by atoms with Crippen LogP contribution in [0.5, 0.6) is 0 Å². The van der Waals surface area contributed by atoms with Crippen molar-refractivity contribution < 1.29 is 0 Å². The Morgan fingerprint density at radius 1 is 1.31 bits per heavy atom. The lowest BCUT2D eigenvalue weighted by atomic mass is 9.71. The van der Waals surface area contributed by atoms with Gasteiger partial charge in [0.15, 0.2) is 0 Å². The zero-order valence-electron chi connectivity index (χ0n) is 10.1. The molecule has 0 unspecified atom stereocenters. The number of benzene rings is 1. The molecular formula is C14H20ClN. The Hall–Kier alpha value is -0.530. The number of rotatable bonds is 3. The summed E-state index contributed by atoms with van der Waals surface area (Å²) < 4.78 is 0. The summed E-state index contributed by atoms with van der Waals surface area (Å²) in [6.45, 7) is 6.77. The summed E-state index contributed by atoms with van der Waals surface area (Å²) >= 11 is 6.32. The van der Waals surface area contributed by atoms with Gasteiger partial charge in [0, 0.05) is 24.0 Å². The molecule has 16 heavy (non-hydrogen) atoms. The first-order valence-corrected chi connectivity index (χ1v) is 6.56. The minimum atomic E-state index is 0.394. The fraction of sp³-hybridized carbons (Fsp3) is 0.571. The third kappa shape index (κ3) is 1.87. The first kappa shape index (κ1) is 11.9. The third-order valence-electron chi connectivity index (χ3n) is 4.25. The molecule has 1 nitrogen and oxygen atoms in total. The maximum Gasteiger partial charge on any atom is 0.0441 e. The van der Waals surface area contributed by atoms with E-state index >= 15 is 0 Å². The minimum Gasteiger partial charge on any atom is -0.316 e. The lowest BCUT2D eigenvalue weighted by molar-refractivity contribution is 0.260. The van der Waals surface area contributed by atoms with Gasteiger partial charge in [0.05, 0.1) is 0 Å². The van der Waals surface area contributed by atoms with E-state index in [1.807, 2.05) is 12.1 Å². The molecule has 1 heterocycles. The average Bonchev–Trinajstić information content (AvgIpc) is 2.74. The summed E-state index contributed by atoms with van der Waals surface area (Å²) in [5.41, 5.74) is 1.71. The van der Waals surface area contributed by atoms with Crippen LogP contribution in [0.25, 0.3) is 0 Å². The first-order chi connectivity index (χ1) is 7.73. The van der Waals surface area contributed by atoms with Gasteiger partial charge in [0.1, 0.15) is 0 Å². The molecule has 0 radical (unpaired) electrons. The highest BCUT2D eigenvalue weighted by Crippen LogP contribution is 2.46. The van der Waals surface area contributed by atoms with Gasteiger partial charge in [-0.1, -0.05) is 43.6 Å². The lowest BCUT2D eigenvalue weighted by Gasteiger charge is -2.33. The van der Waals surface area contributed by atoms with E-state index in [2.05, 4.69) is 31.3 Å². The van der Waals surface area contributed by atoms with Crippen molar-refractivity contribution in [1.29, 1.82) is 0 Å². The van der Waals surface area contributed by atoms with Gasteiger partial charge in [-0.15, -0.1) is 0 Å². The van der Waals surface area contributed by atoms with Gasteiger partial charge in [-0.3, -0.25) is 0 Å². The first-order valence-electron chi connectivity index (χ1n) is 6.18. The van der Waals surface area contributed by atoms with Crippen LogP contribution in [0.2, 0.25) is 5.02 Å². The molecule has 1 aromatic carbocycles. The molecule has 1 aliphatic rings. The van der Waals surface area contributed by atoms with E-state index in [4.69, 9.17) is 11.6 Å². The second-order valence-electron chi connectivity index (χ2n) is 4.77. The summed E-state index contributed by atoms with van der Waals surface area (Å²) in [7, 11) is 0. The molecule has 1 saturated heterocycles. The number of nitrogens with one attached hydrogen (secondary N) is 1. The maximum absolute atomic E-state index is 6.32. The van der Waals surface area contributed by atoms with E-state index in [1.165, 1.54) is 18.4 Å². The summed E-state index contributed by atoms with van der Waals surface area (Å²) in [4.78, 5) is 0. The minimum absolute atomic E-state index is 0.394. The van der Waals surface area contributed by atoms with Crippen LogP contribution in [0, 0.1) is 5.41 Å². The SMILES string of the molecule is CCC1(CC)CNC[C@H]1c1ccccc1Cl.